The zero-order chi connectivity index (χ0) is 11.7. The number of aromatic amines is 1. The van der Waals surface area contributed by atoms with Gasteiger partial charge >= 0.3 is 5.69 Å². The van der Waals surface area contributed by atoms with Gasteiger partial charge in [0.25, 0.3) is 0 Å². The highest BCUT2D eigenvalue weighted by Gasteiger charge is 2.03. The smallest absolute Gasteiger partial charge is 0.305 e. The molecular formula is C14H10N2O. The van der Waals surface area contributed by atoms with Crippen molar-refractivity contribution in [3.63, 3.8) is 0 Å². The zero-order valence-electron chi connectivity index (χ0n) is 9.05. The number of nitrogens with zero attached hydrogens (tertiary/aromatic N) is 1. The van der Waals surface area contributed by atoms with E-state index in [-0.39, 0.29) is 5.69 Å². The minimum absolute atomic E-state index is 0.324. The van der Waals surface area contributed by atoms with Crippen LogP contribution in [0.4, 0.5) is 0 Å². The predicted molar refractivity (Wildman–Crippen MR) is 67.8 cm³/mol. The second kappa shape index (κ2) is 3.87. The summed E-state index contributed by atoms with van der Waals surface area (Å²) in [6.45, 7) is 0. The average Bonchev–Trinajstić information content (AvgIpc) is 2.38. The predicted octanol–water partition coefficient (Wildman–Crippen LogP) is 2.59. The molecule has 0 amide bonds. The van der Waals surface area contributed by atoms with E-state index < -0.39 is 0 Å². The summed E-state index contributed by atoms with van der Waals surface area (Å²) in [5, 5.41) is 2.28. The third-order valence-electron chi connectivity index (χ3n) is 2.75. The van der Waals surface area contributed by atoms with Crippen molar-refractivity contribution in [3.8, 4) is 11.3 Å². The van der Waals surface area contributed by atoms with E-state index in [1.165, 1.54) is 6.20 Å². The zero-order valence-corrected chi connectivity index (χ0v) is 9.05. The largest absolute Gasteiger partial charge is 0.345 e. The highest BCUT2D eigenvalue weighted by atomic mass is 16.1. The lowest BCUT2D eigenvalue weighted by atomic mass is 10.0. The molecule has 0 spiro atoms. The van der Waals surface area contributed by atoms with E-state index in [1.54, 1.807) is 0 Å². The van der Waals surface area contributed by atoms with Crippen LogP contribution in [-0.4, -0.2) is 9.97 Å². The van der Waals surface area contributed by atoms with Crippen molar-refractivity contribution in [1.29, 1.82) is 0 Å². The maximum Gasteiger partial charge on any atom is 0.345 e. The first-order chi connectivity index (χ1) is 8.34. The molecule has 17 heavy (non-hydrogen) atoms. The van der Waals surface area contributed by atoms with Crippen LogP contribution < -0.4 is 5.69 Å². The Labute approximate surface area is 97.8 Å². The number of fused-ring (bicyclic) bond motifs is 1. The van der Waals surface area contributed by atoms with E-state index in [4.69, 9.17) is 0 Å². The Bertz CT molecular complexity index is 726. The van der Waals surface area contributed by atoms with Gasteiger partial charge < -0.3 is 4.98 Å². The van der Waals surface area contributed by atoms with E-state index >= 15 is 0 Å². The van der Waals surface area contributed by atoms with E-state index in [9.17, 15) is 4.79 Å². The molecule has 1 N–H and O–H groups in total. The first kappa shape index (κ1) is 9.78. The van der Waals surface area contributed by atoms with Crippen LogP contribution in [0.3, 0.4) is 0 Å². The van der Waals surface area contributed by atoms with Crippen molar-refractivity contribution >= 4 is 10.8 Å². The first-order valence-electron chi connectivity index (χ1n) is 5.38. The van der Waals surface area contributed by atoms with Gasteiger partial charge in [-0.05, 0) is 16.8 Å². The molecule has 3 heteroatoms. The van der Waals surface area contributed by atoms with E-state index in [0.29, 0.717) is 0 Å². The fourth-order valence-electron chi connectivity index (χ4n) is 1.99. The standard InChI is InChI=1S/C14H10N2O/c17-14-15-9-8-13(16-14)12-7-3-5-10-4-1-2-6-11(10)12/h1-9H,(H,15,16,17). The van der Waals surface area contributed by atoms with Crippen LogP contribution in [0, 0.1) is 0 Å². The Balaban J connectivity index is 2.34. The average molecular weight is 222 g/mol. The van der Waals surface area contributed by atoms with Crippen molar-refractivity contribution in [1.82, 2.24) is 9.97 Å². The van der Waals surface area contributed by atoms with Gasteiger partial charge in [-0.2, -0.15) is 0 Å². The lowest BCUT2D eigenvalue weighted by Gasteiger charge is -2.05. The molecule has 0 fully saturated rings. The quantitative estimate of drug-likeness (QED) is 0.687. The SMILES string of the molecule is O=c1nccc(-c2cccc3ccccc23)[nH]1. The number of hydrogen-bond donors (Lipinski definition) is 1. The van der Waals surface area contributed by atoms with Crippen molar-refractivity contribution in [2.45, 2.75) is 0 Å². The van der Waals surface area contributed by atoms with Crippen molar-refractivity contribution < 1.29 is 0 Å². The topological polar surface area (TPSA) is 45.8 Å². The Morgan fingerprint density at radius 1 is 0.941 bits per heavy atom. The van der Waals surface area contributed by atoms with Gasteiger partial charge in [-0.25, -0.2) is 9.78 Å². The van der Waals surface area contributed by atoms with Gasteiger partial charge in [-0.3, -0.25) is 0 Å². The minimum atomic E-state index is -0.324. The fourth-order valence-corrected chi connectivity index (χ4v) is 1.99. The summed E-state index contributed by atoms with van der Waals surface area (Å²) >= 11 is 0. The summed E-state index contributed by atoms with van der Waals surface area (Å²) in [6.07, 6.45) is 1.52. The molecule has 0 unspecified atom stereocenters. The number of H-pyrrole nitrogens is 1. The molecule has 0 bridgehead atoms. The van der Waals surface area contributed by atoms with Crippen LogP contribution in [0.2, 0.25) is 0 Å². The summed E-state index contributed by atoms with van der Waals surface area (Å²) in [5.74, 6) is 0. The number of nitrogens with one attached hydrogen (secondary N) is 1. The summed E-state index contributed by atoms with van der Waals surface area (Å²) in [5.41, 5.74) is 1.49. The van der Waals surface area contributed by atoms with Crippen molar-refractivity contribution in [3.05, 3.63) is 65.2 Å². The molecule has 0 saturated heterocycles. The van der Waals surface area contributed by atoms with Crippen LogP contribution in [0.1, 0.15) is 0 Å². The lowest BCUT2D eigenvalue weighted by Crippen LogP contribution is -2.09. The van der Waals surface area contributed by atoms with Gasteiger partial charge in [0.1, 0.15) is 0 Å². The maximum absolute atomic E-state index is 11.2. The minimum Gasteiger partial charge on any atom is -0.305 e. The number of benzene rings is 2. The molecule has 82 valence electrons. The lowest BCUT2D eigenvalue weighted by molar-refractivity contribution is 1.08. The molecule has 2 aromatic carbocycles. The van der Waals surface area contributed by atoms with E-state index in [1.807, 2.05) is 36.4 Å². The third kappa shape index (κ3) is 1.72. The summed E-state index contributed by atoms with van der Waals surface area (Å²) in [4.78, 5) is 17.6. The Morgan fingerprint density at radius 3 is 2.65 bits per heavy atom. The number of hydrogen-bond acceptors (Lipinski definition) is 2. The van der Waals surface area contributed by atoms with Gasteiger partial charge in [0, 0.05) is 11.8 Å². The Morgan fingerprint density at radius 2 is 1.76 bits per heavy atom. The molecule has 1 heterocycles. The molecule has 3 nitrogen and oxygen atoms in total. The molecule has 1 aromatic heterocycles. The summed E-state index contributed by atoms with van der Waals surface area (Å²) < 4.78 is 0. The Hall–Kier alpha value is -2.42. The molecule has 0 saturated carbocycles. The molecular weight excluding hydrogens is 212 g/mol. The Kier molecular flexibility index (Phi) is 2.22. The van der Waals surface area contributed by atoms with Crippen LogP contribution in [0.5, 0.6) is 0 Å². The second-order valence-electron chi connectivity index (χ2n) is 3.82. The number of aromatic nitrogens is 2. The maximum atomic E-state index is 11.2. The summed E-state index contributed by atoms with van der Waals surface area (Å²) in [7, 11) is 0. The molecule has 0 atom stereocenters. The van der Waals surface area contributed by atoms with E-state index in [2.05, 4.69) is 22.1 Å². The van der Waals surface area contributed by atoms with Gasteiger partial charge in [-0.15, -0.1) is 0 Å². The highest BCUT2D eigenvalue weighted by Crippen LogP contribution is 2.25. The monoisotopic (exact) mass is 222 g/mol. The van der Waals surface area contributed by atoms with Gasteiger partial charge in [0.2, 0.25) is 0 Å². The van der Waals surface area contributed by atoms with Crippen LogP contribution >= 0.6 is 0 Å². The van der Waals surface area contributed by atoms with E-state index in [0.717, 1.165) is 22.0 Å². The third-order valence-corrected chi connectivity index (χ3v) is 2.75. The normalized spacial score (nSPS) is 10.6. The van der Waals surface area contributed by atoms with Crippen molar-refractivity contribution in [2.24, 2.45) is 0 Å². The van der Waals surface area contributed by atoms with Crippen LogP contribution in [0.15, 0.2) is 59.5 Å². The van der Waals surface area contributed by atoms with Crippen LogP contribution in [0.25, 0.3) is 22.0 Å². The fraction of sp³-hybridized carbons (Fsp3) is 0. The van der Waals surface area contributed by atoms with Crippen molar-refractivity contribution in [2.75, 3.05) is 0 Å². The van der Waals surface area contributed by atoms with Gasteiger partial charge in [0.15, 0.2) is 0 Å². The molecule has 0 radical (unpaired) electrons. The molecule has 0 aliphatic heterocycles. The molecule has 3 aromatic rings. The van der Waals surface area contributed by atoms with Crippen LogP contribution in [-0.2, 0) is 0 Å². The molecule has 3 rings (SSSR count). The summed E-state index contributed by atoms with van der Waals surface area (Å²) in [6, 6.07) is 15.9. The highest BCUT2D eigenvalue weighted by molar-refractivity contribution is 5.95. The van der Waals surface area contributed by atoms with Gasteiger partial charge in [0.05, 0.1) is 5.69 Å². The van der Waals surface area contributed by atoms with Gasteiger partial charge in [-0.1, -0.05) is 42.5 Å². The molecule has 0 aliphatic carbocycles. The first-order valence-corrected chi connectivity index (χ1v) is 5.38. The number of rotatable bonds is 1. The second-order valence-corrected chi connectivity index (χ2v) is 3.82. The molecule has 0 aliphatic rings.